The predicted octanol–water partition coefficient (Wildman–Crippen LogP) is 6.32. The Bertz CT molecular complexity index is 1250. The quantitative estimate of drug-likeness (QED) is 0.403. The van der Waals surface area contributed by atoms with Crippen molar-refractivity contribution in [3.8, 4) is 5.75 Å². The number of halogens is 2. The van der Waals surface area contributed by atoms with Crippen molar-refractivity contribution in [2.45, 2.75) is 26.3 Å². The summed E-state index contributed by atoms with van der Waals surface area (Å²) in [5.41, 5.74) is 4.03. The lowest BCUT2D eigenvalue weighted by atomic mass is 10.1. The number of hydrogen-bond acceptors (Lipinski definition) is 3. The Morgan fingerprint density at radius 1 is 1.00 bits per heavy atom. The predicted molar refractivity (Wildman–Crippen MR) is 141 cm³/mol. The van der Waals surface area contributed by atoms with Gasteiger partial charge < -0.3 is 15.0 Å². The van der Waals surface area contributed by atoms with E-state index in [0.29, 0.717) is 46.8 Å². The zero-order valence-electron chi connectivity index (χ0n) is 19.7. The van der Waals surface area contributed by atoms with Crippen LogP contribution in [0.3, 0.4) is 0 Å². The van der Waals surface area contributed by atoms with Crippen LogP contribution < -0.4 is 15.0 Å². The van der Waals surface area contributed by atoms with Crippen molar-refractivity contribution in [1.29, 1.82) is 0 Å². The molecule has 1 heterocycles. The van der Waals surface area contributed by atoms with E-state index in [9.17, 15) is 9.59 Å². The number of rotatable bonds is 7. The van der Waals surface area contributed by atoms with E-state index in [-0.39, 0.29) is 18.4 Å². The molecule has 3 aromatic carbocycles. The zero-order chi connectivity index (χ0) is 24.9. The van der Waals surface area contributed by atoms with Gasteiger partial charge in [-0.15, -0.1) is 0 Å². The van der Waals surface area contributed by atoms with Gasteiger partial charge in [0.05, 0.1) is 35.0 Å². The second-order valence-electron chi connectivity index (χ2n) is 8.55. The number of amides is 3. The van der Waals surface area contributed by atoms with Crippen molar-refractivity contribution in [3.05, 3.63) is 87.4 Å². The highest BCUT2D eigenvalue weighted by molar-refractivity contribution is 6.42. The summed E-state index contributed by atoms with van der Waals surface area (Å²) in [5, 5.41) is 3.95. The van der Waals surface area contributed by atoms with Crippen LogP contribution in [0, 0.1) is 6.92 Å². The second kappa shape index (κ2) is 11.0. The van der Waals surface area contributed by atoms with E-state index < -0.39 is 0 Å². The first kappa shape index (κ1) is 24.9. The zero-order valence-corrected chi connectivity index (χ0v) is 21.2. The second-order valence-corrected chi connectivity index (χ2v) is 9.37. The maximum absolute atomic E-state index is 13.4. The van der Waals surface area contributed by atoms with Gasteiger partial charge in [-0.2, -0.15) is 0 Å². The Kier molecular flexibility index (Phi) is 7.83. The molecule has 0 radical (unpaired) electrons. The summed E-state index contributed by atoms with van der Waals surface area (Å²) in [7, 11) is 1.60. The summed E-state index contributed by atoms with van der Waals surface area (Å²) in [4.78, 5) is 29.8. The number of aryl methyl sites for hydroxylation is 1. The highest BCUT2D eigenvalue weighted by atomic mass is 35.5. The molecule has 0 atom stereocenters. The topological polar surface area (TPSA) is 61.9 Å². The molecular weight excluding hydrogens is 485 g/mol. The largest absolute Gasteiger partial charge is 0.497 e. The molecule has 6 nitrogen and oxygen atoms in total. The summed E-state index contributed by atoms with van der Waals surface area (Å²) >= 11 is 12.2. The molecule has 1 aliphatic heterocycles. The number of hydrogen-bond donors (Lipinski definition) is 1. The molecule has 0 aliphatic carbocycles. The van der Waals surface area contributed by atoms with E-state index in [1.54, 1.807) is 29.0 Å². The molecule has 182 valence electrons. The minimum absolute atomic E-state index is 0.116. The lowest BCUT2D eigenvalue weighted by molar-refractivity contribution is -0.115. The molecule has 4 rings (SSSR count). The summed E-state index contributed by atoms with van der Waals surface area (Å²) in [6.07, 6.45) is 1.00. The fraction of sp³-hybridized carbons (Fsp3) is 0.259. The molecule has 1 N–H and O–H groups in total. The minimum atomic E-state index is -0.165. The van der Waals surface area contributed by atoms with Crippen molar-refractivity contribution >= 4 is 46.5 Å². The van der Waals surface area contributed by atoms with Crippen LogP contribution in [-0.4, -0.2) is 37.0 Å². The molecule has 1 fully saturated rings. The Morgan fingerprint density at radius 2 is 1.83 bits per heavy atom. The lowest BCUT2D eigenvalue weighted by Crippen LogP contribution is -2.49. The van der Waals surface area contributed by atoms with Crippen LogP contribution in [0.25, 0.3) is 0 Å². The number of ether oxygens (including phenoxy) is 1. The molecule has 1 aliphatic rings. The standard InChI is InChI=1S/C27H27Cl2N3O3/c1-18-7-10-25(24(13-18)30-26(33)16-19-5-3-6-21(14-19)35-2)32-12-4-11-31(27(32)34)17-20-8-9-22(28)23(29)15-20/h3,5-10,13-15H,4,11-12,16-17H2,1-2H3,(H,30,33). The van der Waals surface area contributed by atoms with E-state index in [1.807, 2.05) is 55.5 Å². The Hall–Kier alpha value is -3.22. The first-order valence-electron chi connectivity index (χ1n) is 11.4. The van der Waals surface area contributed by atoms with E-state index >= 15 is 0 Å². The van der Waals surface area contributed by atoms with Gasteiger partial charge in [0.15, 0.2) is 0 Å². The Labute approximate surface area is 215 Å². The van der Waals surface area contributed by atoms with E-state index in [1.165, 1.54) is 0 Å². The molecule has 0 unspecified atom stereocenters. The summed E-state index contributed by atoms with van der Waals surface area (Å²) in [6.45, 7) is 3.59. The third-order valence-corrected chi connectivity index (χ3v) is 6.62. The lowest BCUT2D eigenvalue weighted by Gasteiger charge is -2.36. The van der Waals surface area contributed by atoms with Crippen LogP contribution >= 0.6 is 23.2 Å². The molecule has 8 heteroatoms. The third kappa shape index (κ3) is 6.08. The van der Waals surface area contributed by atoms with Crippen LogP contribution in [-0.2, 0) is 17.8 Å². The van der Waals surface area contributed by atoms with Gasteiger partial charge in [0.2, 0.25) is 5.91 Å². The van der Waals surface area contributed by atoms with Gasteiger partial charge in [-0.05, 0) is 66.4 Å². The number of urea groups is 1. The molecule has 1 saturated heterocycles. The number of carbonyl (C=O) groups excluding carboxylic acids is 2. The summed E-state index contributed by atoms with van der Waals surface area (Å²) in [6, 6.07) is 18.4. The number of nitrogens with zero attached hydrogens (tertiary/aromatic N) is 2. The van der Waals surface area contributed by atoms with Crippen molar-refractivity contribution in [3.63, 3.8) is 0 Å². The fourth-order valence-electron chi connectivity index (χ4n) is 4.16. The van der Waals surface area contributed by atoms with Gasteiger partial charge in [0, 0.05) is 19.6 Å². The average molecular weight is 512 g/mol. The molecule has 0 aromatic heterocycles. The van der Waals surface area contributed by atoms with Gasteiger partial charge >= 0.3 is 6.03 Å². The van der Waals surface area contributed by atoms with Crippen LogP contribution in [0.2, 0.25) is 10.0 Å². The molecule has 35 heavy (non-hydrogen) atoms. The van der Waals surface area contributed by atoms with Crippen LogP contribution in [0.4, 0.5) is 16.2 Å². The number of methoxy groups -OCH3 is 1. The molecule has 0 saturated carbocycles. The smallest absolute Gasteiger partial charge is 0.324 e. The summed E-state index contributed by atoms with van der Waals surface area (Å²) in [5.74, 6) is 0.537. The molecule has 3 aromatic rings. The minimum Gasteiger partial charge on any atom is -0.497 e. The monoisotopic (exact) mass is 511 g/mol. The van der Waals surface area contributed by atoms with Gasteiger partial charge in [-0.25, -0.2) is 4.79 Å². The van der Waals surface area contributed by atoms with E-state index in [2.05, 4.69) is 5.32 Å². The highest BCUT2D eigenvalue weighted by Crippen LogP contribution is 2.31. The van der Waals surface area contributed by atoms with Crippen molar-refractivity contribution in [1.82, 2.24) is 4.90 Å². The Morgan fingerprint density at radius 3 is 2.60 bits per heavy atom. The van der Waals surface area contributed by atoms with Gasteiger partial charge in [-0.1, -0.05) is 47.5 Å². The third-order valence-electron chi connectivity index (χ3n) is 5.88. The van der Waals surface area contributed by atoms with Gasteiger partial charge in [0.25, 0.3) is 0 Å². The van der Waals surface area contributed by atoms with Crippen LogP contribution in [0.5, 0.6) is 5.75 Å². The SMILES string of the molecule is COc1cccc(CC(=O)Nc2cc(C)ccc2N2CCCN(Cc3ccc(Cl)c(Cl)c3)C2=O)c1. The maximum Gasteiger partial charge on any atom is 0.324 e. The molecule has 3 amide bonds. The average Bonchev–Trinajstić information content (AvgIpc) is 2.83. The highest BCUT2D eigenvalue weighted by Gasteiger charge is 2.29. The first-order valence-corrected chi connectivity index (χ1v) is 12.1. The van der Waals surface area contributed by atoms with Crippen molar-refractivity contribution in [2.75, 3.05) is 30.4 Å². The van der Waals surface area contributed by atoms with Crippen molar-refractivity contribution < 1.29 is 14.3 Å². The fourth-order valence-corrected chi connectivity index (χ4v) is 4.48. The van der Waals surface area contributed by atoms with Gasteiger partial charge in [0.1, 0.15) is 5.75 Å². The number of anilines is 2. The molecular formula is C27H27Cl2N3O3. The van der Waals surface area contributed by atoms with Gasteiger partial charge in [-0.3, -0.25) is 9.69 Å². The van der Waals surface area contributed by atoms with Crippen LogP contribution in [0.15, 0.2) is 60.7 Å². The van der Waals surface area contributed by atoms with E-state index in [0.717, 1.165) is 23.1 Å². The number of benzene rings is 3. The number of carbonyl (C=O) groups is 2. The maximum atomic E-state index is 13.4. The van der Waals surface area contributed by atoms with Crippen LogP contribution in [0.1, 0.15) is 23.1 Å². The molecule has 0 bridgehead atoms. The summed E-state index contributed by atoms with van der Waals surface area (Å²) < 4.78 is 5.25. The molecule has 0 spiro atoms. The van der Waals surface area contributed by atoms with E-state index in [4.69, 9.17) is 27.9 Å². The van der Waals surface area contributed by atoms with Crippen molar-refractivity contribution in [2.24, 2.45) is 0 Å². The normalized spacial score (nSPS) is 13.7. The number of nitrogens with one attached hydrogen (secondary N) is 1. The first-order chi connectivity index (χ1) is 16.8. The Balaban J connectivity index is 1.52.